The van der Waals surface area contributed by atoms with Crippen molar-refractivity contribution in [3.05, 3.63) is 11.3 Å². The average Bonchev–Trinajstić information content (AvgIpc) is 2.25. The van der Waals surface area contributed by atoms with E-state index in [1.54, 1.807) is 0 Å². The number of hydrogen-bond donors (Lipinski definition) is 1. The number of rotatable bonds is 4. The van der Waals surface area contributed by atoms with Gasteiger partial charge >= 0.3 is 0 Å². The standard InChI is InChI=1S/C12H20N2/c13-10-6-2-5-9-12(14)11-7-3-1-4-8-11/h1-9,14H2. The largest absolute Gasteiger partial charge is 0.402 e. The van der Waals surface area contributed by atoms with Crippen LogP contribution in [-0.4, -0.2) is 0 Å². The molecular weight excluding hydrogens is 172 g/mol. The Labute approximate surface area is 86.8 Å². The molecule has 1 saturated carbocycles. The van der Waals surface area contributed by atoms with Crippen LogP contribution in [0.25, 0.3) is 0 Å². The Bertz CT molecular complexity index is 227. The number of nitrogens with two attached hydrogens (primary N) is 1. The molecule has 0 unspecified atom stereocenters. The van der Waals surface area contributed by atoms with Crippen molar-refractivity contribution in [1.82, 2.24) is 0 Å². The van der Waals surface area contributed by atoms with E-state index in [0.29, 0.717) is 6.42 Å². The number of allylic oxidation sites excluding steroid dienone is 2. The van der Waals surface area contributed by atoms with Gasteiger partial charge in [0.2, 0.25) is 0 Å². The summed E-state index contributed by atoms with van der Waals surface area (Å²) in [4.78, 5) is 0. The van der Waals surface area contributed by atoms with E-state index in [9.17, 15) is 0 Å². The molecule has 0 saturated heterocycles. The molecule has 0 amide bonds. The van der Waals surface area contributed by atoms with Crippen LogP contribution in [0.5, 0.6) is 0 Å². The first-order valence-electron chi connectivity index (χ1n) is 5.68. The lowest BCUT2D eigenvalue weighted by atomic mass is 9.92. The number of nitrogens with zero attached hydrogens (tertiary/aromatic N) is 1. The molecule has 0 heterocycles. The maximum absolute atomic E-state index is 8.39. The van der Waals surface area contributed by atoms with E-state index >= 15 is 0 Å². The van der Waals surface area contributed by atoms with Crippen molar-refractivity contribution in [3.8, 4) is 6.07 Å². The maximum atomic E-state index is 8.39. The fourth-order valence-corrected chi connectivity index (χ4v) is 2.00. The summed E-state index contributed by atoms with van der Waals surface area (Å²) in [6.07, 6.45) is 10.1. The molecule has 0 aromatic carbocycles. The van der Waals surface area contributed by atoms with Crippen LogP contribution in [0.3, 0.4) is 0 Å². The second-order valence-electron chi connectivity index (χ2n) is 4.05. The van der Waals surface area contributed by atoms with Gasteiger partial charge in [-0.2, -0.15) is 5.26 Å². The van der Waals surface area contributed by atoms with Crippen molar-refractivity contribution in [3.63, 3.8) is 0 Å². The third-order valence-corrected chi connectivity index (χ3v) is 2.90. The molecule has 2 heteroatoms. The monoisotopic (exact) mass is 192 g/mol. The maximum Gasteiger partial charge on any atom is 0.0621 e. The smallest absolute Gasteiger partial charge is 0.0621 e. The second-order valence-corrected chi connectivity index (χ2v) is 4.05. The Kier molecular flexibility index (Phi) is 5.14. The summed E-state index contributed by atoms with van der Waals surface area (Å²) < 4.78 is 0. The first-order chi connectivity index (χ1) is 6.84. The van der Waals surface area contributed by atoms with Crippen LogP contribution in [0.4, 0.5) is 0 Å². The molecule has 0 atom stereocenters. The van der Waals surface area contributed by atoms with Crippen LogP contribution < -0.4 is 5.73 Å². The summed E-state index contributed by atoms with van der Waals surface area (Å²) >= 11 is 0. The van der Waals surface area contributed by atoms with Gasteiger partial charge in [0.05, 0.1) is 6.07 Å². The molecule has 0 spiro atoms. The lowest BCUT2D eigenvalue weighted by molar-refractivity contribution is 0.585. The van der Waals surface area contributed by atoms with Crippen LogP contribution in [-0.2, 0) is 0 Å². The van der Waals surface area contributed by atoms with Crippen molar-refractivity contribution in [2.75, 3.05) is 0 Å². The predicted octanol–water partition coefficient (Wildman–Crippen LogP) is 3.25. The van der Waals surface area contributed by atoms with E-state index in [4.69, 9.17) is 11.0 Å². The Hall–Kier alpha value is -0.970. The Balaban J connectivity index is 2.24. The highest BCUT2D eigenvalue weighted by atomic mass is 14.6. The summed E-state index contributed by atoms with van der Waals surface area (Å²) in [5.41, 5.74) is 8.63. The van der Waals surface area contributed by atoms with Gasteiger partial charge < -0.3 is 5.73 Å². The fourth-order valence-electron chi connectivity index (χ4n) is 2.00. The van der Waals surface area contributed by atoms with Crippen LogP contribution in [0.1, 0.15) is 57.8 Å². The van der Waals surface area contributed by atoms with Crippen molar-refractivity contribution < 1.29 is 0 Å². The molecule has 78 valence electrons. The van der Waals surface area contributed by atoms with Gasteiger partial charge in [0.15, 0.2) is 0 Å². The van der Waals surface area contributed by atoms with E-state index in [-0.39, 0.29) is 0 Å². The Morgan fingerprint density at radius 3 is 2.57 bits per heavy atom. The van der Waals surface area contributed by atoms with E-state index in [2.05, 4.69) is 6.07 Å². The van der Waals surface area contributed by atoms with Crippen molar-refractivity contribution >= 4 is 0 Å². The number of unbranched alkanes of at least 4 members (excludes halogenated alkanes) is 2. The van der Waals surface area contributed by atoms with Gasteiger partial charge in [-0.05, 0) is 44.9 Å². The molecule has 1 rings (SSSR count). The lowest BCUT2D eigenvalue weighted by Gasteiger charge is -2.16. The van der Waals surface area contributed by atoms with E-state index in [1.807, 2.05) is 0 Å². The van der Waals surface area contributed by atoms with Crippen molar-refractivity contribution in [2.24, 2.45) is 5.73 Å². The summed E-state index contributed by atoms with van der Waals surface area (Å²) in [6.45, 7) is 0. The van der Waals surface area contributed by atoms with Crippen molar-refractivity contribution in [1.29, 1.82) is 5.26 Å². The minimum atomic E-state index is 0.669. The Morgan fingerprint density at radius 1 is 1.21 bits per heavy atom. The quantitative estimate of drug-likeness (QED) is 0.695. The molecular formula is C12H20N2. The zero-order chi connectivity index (χ0) is 10.2. The predicted molar refractivity (Wildman–Crippen MR) is 58.4 cm³/mol. The third-order valence-electron chi connectivity index (χ3n) is 2.90. The molecule has 0 aromatic rings. The molecule has 1 aliphatic carbocycles. The molecule has 0 radical (unpaired) electrons. The zero-order valence-corrected chi connectivity index (χ0v) is 8.89. The molecule has 2 nitrogen and oxygen atoms in total. The number of hydrogen-bond acceptors (Lipinski definition) is 2. The number of nitriles is 1. The summed E-state index contributed by atoms with van der Waals surface area (Å²) in [6, 6.07) is 2.16. The van der Waals surface area contributed by atoms with Crippen LogP contribution in [0.2, 0.25) is 0 Å². The van der Waals surface area contributed by atoms with Crippen LogP contribution >= 0.6 is 0 Å². The van der Waals surface area contributed by atoms with Gasteiger partial charge in [-0.15, -0.1) is 0 Å². The zero-order valence-electron chi connectivity index (χ0n) is 8.89. The van der Waals surface area contributed by atoms with Gasteiger partial charge in [-0.3, -0.25) is 0 Å². The third kappa shape index (κ3) is 3.83. The summed E-state index contributed by atoms with van der Waals surface area (Å²) in [5, 5.41) is 8.39. The highest BCUT2D eigenvalue weighted by Crippen LogP contribution is 2.25. The molecule has 14 heavy (non-hydrogen) atoms. The van der Waals surface area contributed by atoms with Crippen LogP contribution in [0.15, 0.2) is 11.3 Å². The first-order valence-corrected chi connectivity index (χ1v) is 5.68. The molecule has 1 aliphatic rings. The topological polar surface area (TPSA) is 49.8 Å². The SMILES string of the molecule is N#CCCCCC(N)=C1CCCCC1. The second kappa shape index (κ2) is 6.48. The first kappa shape index (κ1) is 11.1. The fraction of sp³-hybridized carbons (Fsp3) is 0.750. The minimum absolute atomic E-state index is 0.669. The minimum Gasteiger partial charge on any atom is -0.402 e. The molecule has 0 bridgehead atoms. The molecule has 0 aromatic heterocycles. The average molecular weight is 192 g/mol. The van der Waals surface area contributed by atoms with E-state index in [1.165, 1.54) is 37.7 Å². The highest BCUT2D eigenvalue weighted by molar-refractivity contribution is 5.12. The van der Waals surface area contributed by atoms with E-state index < -0.39 is 0 Å². The van der Waals surface area contributed by atoms with Crippen molar-refractivity contribution in [2.45, 2.75) is 57.8 Å². The normalized spacial score (nSPS) is 16.4. The van der Waals surface area contributed by atoms with Gasteiger partial charge in [-0.1, -0.05) is 12.0 Å². The van der Waals surface area contributed by atoms with Gasteiger partial charge in [0, 0.05) is 12.1 Å². The molecule has 1 fully saturated rings. The summed E-state index contributed by atoms with van der Waals surface area (Å²) in [5.74, 6) is 0. The van der Waals surface area contributed by atoms with Gasteiger partial charge in [-0.25, -0.2) is 0 Å². The lowest BCUT2D eigenvalue weighted by Crippen LogP contribution is -2.06. The molecule has 2 N–H and O–H groups in total. The highest BCUT2D eigenvalue weighted by Gasteiger charge is 2.08. The van der Waals surface area contributed by atoms with E-state index in [0.717, 1.165) is 25.0 Å². The van der Waals surface area contributed by atoms with Gasteiger partial charge in [0.25, 0.3) is 0 Å². The van der Waals surface area contributed by atoms with Gasteiger partial charge in [0.1, 0.15) is 0 Å². The molecule has 0 aliphatic heterocycles. The Morgan fingerprint density at radius 2 is 1.93 bits per heavy atom. The van der Waals surface area contributed by atoms with Crippen LogP contribution in [0, 0.1) is 11.3 Å². The summed E-state index contributed by atoms with van der Waals surface area (Å²) in [7, 11) is 0.